The standard InChI is InChI=1S/C13H17N3O2S/c1-13(17)5-3-6-16(9-13)8-11-14-15-12(18-11)10-4-2-7-19-10/h2,4,7,17H,3,5-6,8-9H2,1H3. The molecule has 0 aliphatic carbocycles. The molecule has 1 aliphatic rings. The molecule has 5 nitrogen and oxygen atoms in total. The molecule has 0 saturated carbocycles. The molecular formula is C13H17N3O2S. The Morgan fingerprint density at radius 2 is 2.42 bits per heavy atom. The van der Waals surface area contributed by atoms with E-state index in [0.717, 1.165) is 24.3 Å². The molecule has 2 aromatic rings. The first kappa shape index (κ1) is 12.8. The van der Waals surface area contributed by atoms with Gasteiger partial charge in [-0.2, -0.15) is 0 Å². The average molecular weight is 279 g/mol. The largest absolute Gasteiger partial charge is 0.419 e. The van der Waals surface area contributed by atoms with Crippen LogP contribution >= 0.6 is 11.3 Å². The summed E-state index contributed by atoms with van der Waals surface area (Å²) in [6.45, 7) is 4.11. The zero-order valence-corrected chi connectivity index (χ0v) is 11.7. The molecule has 2 aromatic heterocycles. The monoisotopic (exact) mass is 279 g/mol. The van der Waals surface area contributed by atoms with Crippen LogP contribution in [0.25, 0.3) is 10.8 Å². The van der Waals surface area contributed by atoms with Crippen molar-refractivity contribution in [3.63, 3.8) is 0 Å². The zero-order chi connectivity index (χ0) is 13.3. The number of hydrogen-bond donors (Lipinski definition) is 1. The summed E-state index contributed by atoms with van der Waals surface area (Å²) >= 11 is 1.59. The molecule has 1 atom stereocenters. The Morgan fingerprint density at radius 3 is 3.16 bits per heavy atom. The van der Waals surface area contributed by atoms with Crippen LogP contribution in [0.3, 0.4) is 0 Å². The highest BCUT2D eigenvalue weighted by atomic mass is 32.1. The van der Waals surface area contributed by atoms with Crippen LogP contribution in [-0.4, -0.2) is 38.9 Å². The summed E-state index contributed by atoms with van der Waals surface area (Å²) in [6, 6.07) is 3.93. The number of nitrogens with zero attached hydrogens (tertiary/aromatic N) is 3. The van der Waals surface area contributed by atoms with E-state index in [1.54, 1.807) is 11.3 Å². The van der Waals surface area contributed by atoms with Gasteiger partial charge in [-0.05, 0) is 37.8 Å². The second kappa shape index (κ2) is 5.03. The second-order valence-electron chi connectivity index (χ2n) is 5.29. The van der Waals surface area contributed by atoms with E-state index in [-0.39, 0.29) is 0 Å². The molecule has 1 unspecified atom stereocenters. The van der Waals surface area contributed by atoms with Gasteiger partial charge in [0.15, 0.2) is 0 Å². The molecule has 3 heterocycles. The lowest BCUT2D eigenvalue weighted by Crippen LogP contribution is -2.45. The Kier molecular flexibility index (Phi) is 3.38. The van der Waals surface area contributed by atoms with Crippen LogP contribution in [0.15, 0.2) is 21.9 Å². The molecule has 1 fully saturated rings. The van der Waals surface area contributed by atoms with Gasteiger partial charge >= 0.3 is 0 Å². The summed E-state index contributed by atoms with van der Waals surface area (Å²) in [4.78, 5) is 3.15. The predicted molar refractivity (Wildman–Crippen MR) is 72.7 cm³/mol. The number of hydrogen-bond acceptors (Lipinski definition) is 6. The van der Waals surface area contributed by atoms with E-state index in [0.29, 0.717) is 24.9 Å². The van der Waals surface area contributed by atoms with Crippen molar-refractivity contribution in [3.05, 3.63) is 23.4 Å². The Hall–Kier alpha value is -1.24. The first-order chi connectivity index (χ1) is 9.12. The molecule has 1 aliphatic heterocycles. The molecule has 0 amide bonds. The van der Waals surface area contributed by atoms with E-state index in [1.807, 2.05) is 24.4 Å². The molecule has 19 heavy (non-hydrogen) atoms. The Morgan fingerprint density at radius 1 is 1.53 bits per heavy atom. The van der Waals surface area contributed by atoms with Gasteiger partial charge in [0.25, 0.3) is 5.89 Å². The van der Waals surface area contributed by atoms with Crippen molar-refractivity contribution in [3.8, 4) is 10.8 Å². The number of aromatic nitrogens is 2. The van der Waals surface area contributed by atoms with E-state index in [1.165, 1.54) is 0 Å². The molecule has 0 radical (unpaired) electrons. The molecule has 6 heteroatoms. The molecule has 0 spiro atoms. The lowest BCUT2D eigenvalue weighted by molar-refractivity contribution is -0.0202. The lowest BCUT2D eigenvalue weighted by Gasteiger charge is -2.35. The number of likely N-dealkylation sites (tertiary alicyclic amines) is 1. The van der Waals surface area contributed by atoms with Gasteiger partial charge in [0.2, 0.25) is 5.89 Å². The fourth-order valence-electron chi connectivity index (χ4n) is 2.47. The van der Waals surface area contributed by atoms with Gasteiger partial charge in [-0.15, -0.1) is 21.5 Å². The maximum atomic E-state index is 10.1. The SMILES string of the molecule is CC1(O)CCCN(Cc2nnc(-c3cccs3)o2)C1. The van der Waals surface area contributed by atoms with Crippen LogP contribution in [-0.2, 0) is 6.54 Å². The van der Waals surface area contributed by atoms with Gasteiger partial charge in [0.05, 0.1) is 17.0 Å². The Balaban J connectivity index is 1.67. The first-order valence-corrected chi connectivity index (χ1v) is 7.31. The van der Waals surface area contributed by atoms with Crippen molar-refractivity contribution in [2.24, 2.45) is 0 Å². The highest BCUT2D eigenvalue weighted by molar-refractivity contribution is 7.13. The van der Waals surface area contributed by atoms with Crippen LogP contribution < -0.4 is 0 Å². The maximum Gasteiger partial charge on any atom is 0.257 e. The minimum absolute atomic E-state index is 0.578. The summed E-state index contributed by atoms with van der Waals surface area (Å²) in [5.74, 6) is 1.19. The lowest BCUT2D eigenvalue weighted by atomic mass is 9.95. The van der Waals surface area contributed by atoms with E-state index in [2.05, 4.69) is 15.1 Å². The first-order valence-electron chi connectivity index (χ1n) is 6.43. The molecule has 0 bridgehead atoms. The second-order valence-corrected chi connectivity index (χ2v) is 6.24. The fourth-order valence-corrected chi connectivity index (χ4v) is 3.11. The normalized spacial score (nSPS) is 24.7. The number of aliphatic hydroxyl groups is 1. The molecule has 3 rings (SSSR count). The minimum Gasteiger partial charge on any atom is -0.419 e. The van der Waals surface area contributed by atoms with Gasteiger partial charge in [-0.25, -0.2) is 0 Å². The number of thiophene rings is 1. The third-order valence-corrected chi connectivity index (χ3v) is 4.17. The zero-order valence-electron chi connectivity index (χ0n) is 10.9. The van der Waals surface area contributed by atoms with Gasteiger partial charge in [0.1, 0.15) is 0 Å². The van der Waals surface area contributed by atoms with Crippen LogP contribution in [0, 0.1) is 0 Å². The smallest absolute Gasteiger partial charge is 0.257 e. The van der Waals surface area contributed by atoms with Gasteiger partial charge in [0, 0.05) is 6.54 Å². The van der Waals surface area contributed by atoms with Crippen LogP contribution in [0.4, 0.5) is 0 Å². The van der Waals surface area contributed by atoms with Crippen molar-refractivity contribution in [1.82, 2.24) is 15.1 Å². The summed E-state index contributed by atoms with van der Waals surface area (Å²) in [5.41, 5.74) is -0.602. The summed E-state index contributed by atoms with van der Waals surface area (Å²) in [5, 5.41) is 20.2. The van der Waals surface area contributed by atoms with Crippen molar-refractivity contribution in [1.29, 1.82) is 0 Å². The number of rotatable bonds is 3. The Bertz CT molecular complexity index is 536. The van der Waals surface area contributed by atoms with Gasteiger partial charge in [-0.1, -0.05) is 6.07 Å². The molecule has 1 saturated heterocycles. The van der Waals surface area contributed by atoms with Crippen LogP contribution in [0.5, 0.6) is 0 Å². The van der Waals surface area contributed by atoms with Crippen molar-refractivity contribution in [2.45, 2.75) is 31.9 Å². The van der Waals surface area contributed by atoms with Gasteiger partial charge < -0.3 is 9.52 Å². The van der Waals surface area contributed by atoms with Crippen LogP contribution in [0.1, 0.15) is 25.7 Å². The van der Waals surface area contributed by atoms with Gasteiger partial charge in [-0.3, -0.25) is 4.90 Å². The summed E-state index contributed by atoms with van der Waals surface area (Å²) in [6.07, 6.45) is 1.85. The van der Waals surface area contributed by atoms with E-state index < -0.39 is 5.60 Å². The molecule has 1 N–H and O–H groups in total. The summed E-state index contributed by atoms with van der Waals surface area (Å²) in [7, 11) is 0. The minimum atomic E-state index is -0.602. The van der Waals surface area contributed by atoms with E-state index in [9.17, 15) is 5.11 Å². The highest BCUT2D eigenvalue weighted by Crippen LogP contribution is 2.25. The predicted octanol–water partition coefficient (Wildman–Crippen LogP) is 2.14. The molecule has 102 valence electrons. The maximum absolute atomic E-state index is 10.1. The van der Waals surface area contributed by atoms with E-state index in [4.69, 9.17) is 4.42 Å². The Labute approximate surface area is 115 Å². The van der Waals surface area contributed by atoms with Crippen molar-refractivity contribution >= 4 is 11.3 Å². The number of β-amino-alcohol motifs (C(OH)–C–C–N with tert-alkyl or cyclic N) is 1. The highest BCUT2D eigenvalue weighted by Gasteiger charge is 2.29. The fraction of sp³-hybridized carbons (Fsp3) is 0.538. The molecule has 0 aromatic carbocycles. The van der Waals surface area contributed by atoms with Crippen molar-refractivity contribution in [2.75, 3.05) is 13.1 Å². The topological polar surface area (TPSA) is 62.4 Å². The molecular weight excluding hydrogens is 262 g/mol. The third-order valence-electron chi connectivity index (χ3n) is 3.31. The van der Waals surface area contributed by atoms with Crippen LogP contribution in [0.2, 0.25) is 0 Å². The average Bonchev–Trinajstić information content (AvgIpc) is 2.96. The quantitative estimate of drug-likeness (QED) is 0.932. The van der Waals surface area contributed by atoms with Crippen molar-refractivity contribution < 1.29 is 9.52 Å². The summed E-state index contributed by atoms with van der Waals surface area (Å²) < 4.78 is 5.66. The third kappa shape index (κ3) is 3.02. The number of piperidine rings is 1. The van der Waals surface area contributed by atoms with E-state index >= 15 is 0 Å².